The zero-order valence-corrected chi connectivity index (χ0v) is 6.54. The van der Waals surface area contributed by atoms with Gasteiger partial charge in [0.1, 0.15) is 0 Å². The van der Waals surface area contributed by atoms with Crippen molar-refractivity contribution in [1.29, 1.82) is 0 Å². The molecule has 0 aliphatic carbocycles. The van der Waals surface area contributed by atoms with Crippen molar-refractivity contribution in [3.8, 4) is 0 Å². The van der Waals surface area contributed by atoms with E-state index in [4.69, 9.17) is 0 Å². The third-order valence-corrected chi connectivity index (χ3v) is 1.75. The molecule has 1 nitrogen and oxygen atoms in total. The molecule has 1 aliphatic heterocycles. The first kappa shape index (κ1) is 8.06. The van der Waals surface area contributed by atoms with Gasteiger partial charge in [0.05, 0.1) is 5.69 Å². The van der Waals surface area contributed by atoms with Gasteiger partial charge in [-0.05, 0) is 18.6 Å². The van der Waals surface area contributed by atoms with Crippen LogP contribution >= 0.6 is 0 Å². The first-order valence-electron chi connectivity index (χ1n) is 3.48. The molecule has 0 spiro atoms. The fourth-order valence-electron chi connectivity index (χ4n) is 1.29. The molecule has 0 atom stereocenters. The number of benzene rings is 1. The highest BCUT2D eigenvalue weighted by molar-refractivity contribution is 5.91. The molecule has 0 N–H and O–H groups in total. The Morgan fingerprint density at radius 2 is 2.00 bits per heavy atom. The quantitative estimate of drug-likeness (QED) is 0.491. The standard InChI is InChI=1S/C9H9N.B/c1-7-6-8-4-2-3-5-9(8)10-7;/h2-5H,6H2,1H3;. The summed E-state index contributed by atoms with van der Waals surface area (Å²) in [6.45, 7) is 2.07. The maximum Gasteiger partial charge on any atom is 0.0664 e. The average molecular weight is 142 g/mol. The van der Waals surface area contributed by atoms with E-state index in [0.29, 0.717) is 0 Å². The van der Waals surface area contributed by atoms with Crippen molar-refractivity contribution < 1.29 is 0 Å². The SMILES string of the molecule is CC1=Nc2ccccc2C1.[B]. The van der Waals surface area contributed by atoms with Gasteiger partial charge in [-0.2, -0.15) is 0 Å². The molecule has 0 amide bonds. The molecule has 1 aromatic rings. The van der Waals surface area contributed by atoms with E-state index in [-0.39, 0.29) is 8.41 Å². The lowest BCUT2D eigenvalue weighted by atomic mass is 10.1. The number of fused-ring (bicyclic) bond motifs is 1. The zero-order valence-electron chi connectivity index (χ0n) is 6.54. The van der Waals surface area contributed by atoms with Crippen LogP contribution in [-0.2, 0) is 6.42 Å². The van der Waals surface area contributed by atoms with Crippen molar-refractivity contribution >= 4 is 19.8 Å². The van der Waals surface area contributed by atoms with Crippen LogP contribution in [-0.4, -0.2) is 14.1 Å². The van der Waals surface area contributed by atoms with Gasteiger partial charge in [-0.25, -0.2) is 0 Å². The van der Waals surface area contributed by atoms with E-state index in [0.717, 1.165) is 12.1 Å². The normalized spacial score (nSPS) is 13.4. The van der Waals surface area contributed by atoms with E-state index in [9.17, 15) is 0 Å². The Kier molecular flexibility index (Phi) is 2.13. The number of hydrogen-bond donors (Lipinski definition) is 0. The molecule has 0 fully saturated rings. The number of aliphatic imine (C=N–C) groups is 1. The molecule has 0 saturated carbocycles. The van der Waals surface area contributed by atoms with E-state index >= 15 is 0 Å². The molecular formula is C9H9BN. The second-order valence-corrected chi connectivity index (χ2v) is 2.65. The Hall–Kier alpha value is -1.05. The van der Waals surface area contributed by atoms with Crippen LogP contribution in [0.25, 0.3) is 0 Å². The summed E-state index contributed by atoms with van der Waals surface area (Å²) >= 11 is 0. The lowest BCUT2D eigenvalue weighted by Crippen LogP contribution is -1.87. The van der Waals surface area contributed by atoms with Crippen molar-refractivity contribution in [3.05, 3.63) is 29.8 Å². The molecule has 1 aliphatic rings. The number of nitrogens with zero attached hydrogens (tertiary/aromatic N) is 1. The monoisotopic (exact) mass is 142 g/mol. The van der Waals surface area contributed by atoms with Crippen LogP contribution in [0.3, 0.4) is 0 Å². The van der Waals surface area contributed by atoms with E-state index in [1.165, 1.54) is 11.3 Å². The van der Waals surface area contributed by atoms with Gasteiger partial charge in [0.15, 0.2) is 0 Å². The molecule has 1 aromatic carbocycles. The first-order chi connectivity index (χ1) is 4.86. The highest BCUT2D eigenvalue weighted by Gasteiger charge is 2.08. The lowest BCUT2D eigenvalue weighted by molar-refractivity contribution is 1.39. The Morgan fingerprint density at radius 1 is 1.27 bits per heavy atom. The van der Waals surface area contributed by atoms with Crippen LogP contribution in [0.2, 0.25) is 0 Å². The summed E-state index contributed by atoms with van der Waals surface area (Å²) in [4.78, 5) is 4.37. The van der Waals surface area contributed by atoms with Crippen molar-refractivity contribution in [1.82, 2.24) is 0 Å². The summed E-state index contributed by atoms with van der Waals surface area (Å²) in [5.41, 5.74) is 3.74. The minimum Gasteiger partial charge on any atom is -0.257 e. The highest BCUT2D eigenvalue weighted by atomic mass is 14.8. The van der Waals surface area contributed by atoms with Gasteiger partial charge in [0.25, 0.3) is 0 Å². The van der Waals surface area contributed by atoms with Crippen molar-refractivity contribution in [2.45, 2.75) is 13.3 Å². The summed E-state index contributed by atoms with van der Waals surface area (Å²) < 4.78 is 0. The van der Waals surface area contributed by atoms with Crippen LogP contribution < -0.4 is 0 Å². The van der Waals surface area contributed by atoms with Crippen LogP contribution in [0.5, 0.6) is 0 Å². The molecule has 1 heterocycles. The van der Waals surface area contributed by atoms with Gasteiger partial charge >= 0.3 is 0 Å². The Bertz CT molecular complexity index is 291. The maximum absolute atomic E-state index is 4.37. The second kappa shape index (κ2) is 2.91. The molecule has 11 heavy (non-hydrogen) atoms. The van der Waals surface area contributed by atoms with E-state index < -0.39 is 0 Å². The molecule has 53 valence electrons. The minimum atomic E-state index is 0. The predicted octanol–water partition coefficient (Wildman–Crippen LogP) is 1.95. The molecule has 2 rings (SSSR count). The molecule has 0 saturated heterocycles. The van der Waals surface area contributed by atoms with Gasteiger partial charge < -0.3 is 0 Å². The van der Waals surface area contributed by atoms with Gasteiger partial charge in [0.2, 0.25) is 0 Å². The number of para-hydroxylation sites is 1. The van der Waals surface area contributed by atoms with E-state index in [2.05, 4.69) is 30.1 Å². The molecule has 2 heteroatoms. The highest BCUT2D eigenvalue weighted by Crippen LogP contribution is 2.25. The third kappa shape index (κ3) is 1.34. The topological polar surface area (TPSA) is 12.4 Å². The summed E-state index contributed by atoms with van der Waals surface area (Å²) in [5.74, 6) is 0. The smallest absolute Gasteiger partial charge is 0.0664 e. The van der Waals surface area contributed by atoms with Gasteiger partial charge in [-0.15, -0.1) is 0 Å². The van der Waals surface area contributed by atoms with Gasteiger partial charge in [0, 0.05) is 20.5 Å². The largest absolute Gasteiger partial charge is 0.257 e. The number of rotatable bonds is 0. The van der Waals surface area contributed by atoms with Crippen molar-refractivity contribution in [2.75, 3.05) is 0 Å². The fraction of sp³-hybridized carbons (Fsp3) is 0.222. The Balaban J connectivity index is 0.000000605. The van der Waals surface area contributed by atoms with Crippen LogP contribution in [0.4, 0.5) is 5.69 Å². The molecule has 0 unspecified atom stereocenters. The first-order valence-corrected chi connectivity index (χ1v) is 3.48. The maximum atomic E-state index is 4.37. The van der Waals surface area contributed by atoms with E-state index in [1.807, 2.05) is 6.07 Å². The lowest BCUT2D eigenvalue weighted by Gasteiger charge is -1.91. The van der Waals surface area contributed by atoms with Crippen LogP contribution in [0.1, 0.15) is 12.5 Å². The van der Waals surface area contributed by atoms with E-state index in [1.54, 1.807) is 0 Å². The average Bonchev–Trinajstić information content (AvgIpc) is 2.27. The molecular weight excluding hydrogens is 133 g/mol. The third-order valence-electron chi connectivity index (χ3n) is 1.75. The molecule has 0 aromatic heterocycles. The minimum absolute atomic E-state index is 0. The van der Waals surface area contributed by atoms with Crippen molar-refractivity contribution in [2.24, 2.45) is 4.99 Å². The molecule has 3 radical (unpaired) electrons. The Labute approximate surface area is 68.7 Å². The van der Waals surface area contributed by atoms with Crippen LogP contribution in [0.15, 0.2) is 29.3 Å². The zero-order chi connectivity index (χ0) is 6.97. The summed E-state index contributed by atoms with van der Waals surface area (Å²) in [6.07, 6.45) is 1.04. The van der Waals surface area contributed by atoms with Gasteiger partial charge in [-0.3, -0.25) is 4.99 Å². The molecule has 0 bridgehead atoms. The summed E-state index contributed by atoms with van der Waals surface area (Å²) in [7, 11) is 0. The summed E-state index contributed by atoms with van der Waals surface area (Å²) in [6, 6.07) is 8.29. The van der Waals surface area contributed by atoms with Crippen LogP contribution in [0, 0.1) is 0 Å². The summed E-state index contributed by atoms with van der Waals surface area (Å²) in [5, 5.41) is 0. The predicted molar refractivity (Wildman–Crippen MR) is 48.7 cm³/mol. The number of hydrogen-bond acceptors (Lipinski definition) is 1. The fourth-order valence-corrected chi connectivity index (χ4v) is 1.29. The second-order valence-electron chi connectivity index (χ2n) is 2.65. The Morgan fingerprint density at radius 3 is 2.73 bits per heavy atom. The van der Waals surface area contributed by atoms with Crippen molar-refractivity contribution in [3.63, 3.8) is 0 Å². The van der Waals surface area contributed by atoms with Gasteiger partial charge in [-0.1, -0.05) is 18.2 Å².